The van der Waals surface area contributed by atoms with E-state index < -0.39 is 21.5 Å². The maximum Gasteiger partial charge on any atom is 0.347 e. The molecule has 0 bridgehead atoms. The van der Waals surface area contributed by atoms with Gasteiger partial charge in [0.05, 0.1) is 0 Å². The minimum atomic E-state index is -3.86. The lowest BCUT2D eigenvalue weighted by Crippen LogP contribution is -2.49. The SMILES string of the molecule is Cc1csc(C(=O)O)c1S(=O)(=O)NC1(C)CCOCC1. The summed E-state index contributed by atoms with van der Waals surface area (Å²) < 4.78 is 32.9. The molecule has 20 heavy (non-hydrogen) atoms. The molecule has 1 saturated heterocycles. The first kappa shape index (κ1) is 15.4. The molecule has 2 heterocycles. The Morgan fingerprint density at radius 3 is 2.60 bits per heavy atom. The van der Waals surface area contributed by atoms with Crippen LogP contribution >= 0.6 is 11.3 Å². The van der Waals surface area contributed by atoms with Gasteiger partial charge < -0.3 is 9.84 Å². The van der Waals surface area contributed by atoms with Crippen LogP contribution in [0.4, 0.5) is 0 Å². The maximum absolute atomic E-state index is 12.5. The van der Waals surface area contributed by atoms with E-state index in [4.69, 9.17) is 9.84 Å². The van der Waals surface area contributed by atoms with Gasteiger partial charge in [0.1, 0.15) is 9.77 Å². The molecule has 112 valence electrons. The molecule has 6 nitrogen and oxygen atoms in total. The third kappa shape index (κ3) is 3.03. The molecule has 8 heteroatoms. The topological polar surface area (TPSA) is 92.7 Å². The Hall–Kier alpha value is -0.960. The van der Waals surface area contributed by atoms with Gasteiger partial charge in [-0.15, -0.1) is 11.3 Å². The van der Waals surface area contributed by atoms with E-state index >= 15 is 0 Å². The molecule has 0 saturated carbocycles. The zero-order valence-electron chi connectivity index (χ0n) is 11.3. The number of hydrogen-bond donors (Lipinski definition) is 2. The van der Waals surface area contributed by atoms with E-state index in [1.807, 2.05) is 6.92 Å². The zero-order chi connectivity index (χ0) is 15.0. The van der Waals surface area contributed by atoms with Gasteiger partial charge in [-0.05, 0) is 37.6 Å². The van der Waals surface area contributed by atoms with Crippen molar-refractivity contribution >= 4 is 27.3 Å². The van der Waals surface area contributed by atoms with Crippen molar-refractivity contribution in [3.63, 3.8) is 0 Å². The molecule has 0 radical (unpaired) electrons. The van der Waals surface area contributed by atoms with Crippen molar-refractivity contribution in [3.8, 4) is 0 Å². The van der Waals surface area contributed by atoms with Crippen molar-refractivity contribution < 1.29 is 23.1 Å². The van der Waals surface area contributed by atoms with Gasteiger partial charge in [-0.25, -0.2) is 17.9 Å². The monoisotopic (exact) mass is 319 g/mol. The Kier molecular flexibility index (Phi) is 4.19. The second-order valence-corrected chi connectivity index (χ2v) is 7.66. The molecule has 0 atom stereocenters. The highest BCUT2D eigenvalue weighted by molar-refractivity contribution is 7.89. The van der Waals surface area contributed by atoms with Crippen molar-refractivity contribution in [2.75, 3.05) is 13.2 Å². The molecule has 1 aliphatic rings. The number of nitrogens with one attached hydrogen (secondary N) is 1. The fraction of sp³-hybridized carbons (Fsp3) is 0.583. The smallest absolute Gasteiger partial charge is 0.347 e. The molecule has 0 spiro atoms. The van der Waals surface area contributed by atoms with Crippen LogP contribution in [0, 0.1) is 6.92 Å². The lowest BCUT2D eigenvalue weighted by atomic mass is 9.94. The number of carboxylic acid groups (broad SMARTS) is 1. The van der Waals surface area contributed by atoms with Crippen LogP contribution in [0.25, 0.3) is 0 Å². The van der Waals surface area contributed by atoms with Crippen molar-refractivity contribution in [3.05, 3.63) is 15.8 Å². The summed E-state index contributed by atoms with van der Waals surface area (Å²) in [4.78, 5) is 10.9. The van der Waals surface area contributed by atoms with Gasteiger partial charge in [-0.3, -0.25) is 0 Å². The molecule has 0 aromatic carbocycles. The fourth-order valence-electron chi connectivity index (χ4n) is 2.21. The van der Waals surface area contributed by atoms with Gasteiger partial charge in [-0.2, -0.15) is 0 Å². The van der Waals surface area contributed by atoms with Crippen LogP contribution in [0.5, 0.6) is 0 Å². The van der Waals surface area contributed by atoms with E-state index in [0.717, 1.165) is 11.3 Å². The van der Waals surface area contributed by atoms with Crippen LogP contribution < -0.4 is 4.72 Å². The van der Waals surface area contributed by atoms with Crippen LogP contribution in [-0.4, -0.2) is 38.2 Å². The predicted molar refractivity (Wildman–Crippen MR) is 74.8 cm³/mol. The summed E-state index contributed by atoms with van der Waals surface area (Å²) in [6.07, 6.45) is 1.13. The van der Waals surface area contributed by atoms with Gasteiger partial charge in [0.25, 0.3) is 0 Å². The summed E-state index contributed by atoms with van der Waals surface area (Å²) in [6, 6.07) is 0. The Morgan fingerprint density at radius 1 is 1.45 bits per heavy atom. The van der Waals surface area contributed by atoms with Crippen LogP contribution in [0.3, 0.4) is 0 Å². The number of aromatic carboxylic acids is 1. The predicted octanol–water partition coefficient (Wildman–Crippen LogP) is 1.60. The summed E-state index contributed by atoms with van der Waals surface area (Å²) in [5, 5.41) is 10.7. The zero-order valence-corrected chi connectivity index (χ0v) is 12.9. The summed E-state index contributed by atoms with van der Waals surface area (Å²) in [6.45, 7) is 4.40. The van der Waals surface area contributed by atoms with Gasteiger partial charge in [-0.1, -0.05) is 0 Å². The number of sulfonamides is 1. The Bertz CT molecular complexity index is 614. The number of carboxylic acids is 1. The molecule has 1 aromatic heterocycles. The summed E-state index contributed by atoms with van der Waals surface area (Å²) in [7, 11) is -3.86. The highest BCUT2D eigenvalue weighted by atomic mass is 32.2. The molecule has 2 N–H and O–H groups in total. The lowest BCUT2D eigenvalue weighted by Gasteiger charge is -2.34. The second-order valence-electron chi connectivity index (χ2n) is 5.16. The summed E-state index contributed by atoms with van der Waals surface area (Å²) in [5.41, 5.74) is -0.142. The first-order chi connectivity index (χ1) is 9.25. The molecular weight excluding hydrogens is 302 g/mol. The van der Waals surface area contributed by atoms with E-state index in [0.29, 0.717) is 31.6 Å². The van der Waals surface area contributed by atoms with Crippen LogP contribution in [0.1, 0.15) is 35.0 Å². The number of carbonyl (C=O) groups is 1. The molecule has 1 aliphatic heterocycles. The Labute approximate surface area is 121 Å². The Balaban J connectivity index is 2.36. The van der Waals surface area contributed by atoms with Crippen molar-refractivity contribution in [2.45, 2.75) is 37.1 Å². The molecule has 0 unspecified atom stereocenters. The molecule has 0 amide bonds. The van der Waals surface area contributed by atoms with E-state index in [2.05, 4.69) is 4.72 Å². The van der Waals surface area contributed by atoms with Gasteiger partial charge >= 0.3 is 5.97 Å². The molecule has 0 aliphatic carbocycles. The van der Waals surface area contributed by atoms with E-state index in [9.17, 15) is 13.2 Å². The normalized spacial score (nSPS) is 18.9. The molecule has 1 aromatic rings. The lowest BCUT2D eigenvalue weighted by molar-refractivity contribution is 0.0537. The van der Waals surface area contributed by atoms with Crippen molar-refractivity contribution in [2.24, 2.45) is 0 Å². The second kappa shape index (κ2) is 5.44. The van der Waals surface area contributed by atoms with Gasteiger partial charge in [0, 0.05) is 18.8 Å². The number of rotatable bonds is 4. The summed E-state index contributed by atoms with van der Waals surface area (Å²) >= 11 is 0.929. The van der Waals surface area contributed by atoms with Crippen molar-refractivity contribution in [1.82, 2.24) is 4.72 Å². The third-order valence-corrected chi connectivity index (χ3v) is 6.40. The van der Waals surface area contributed by atoms with Crippen molar-refractivity contribution in [1.29, 1.82) is 0 Å². The van der Waals surface area contributed by atoms with Crippen LogP contribution in [-0.2, 0) is 14.8 Å². The molecule has 2 rings (SSSR count). The molecule has 1 fully saturated rings. The number of hydrogen-bond acceptors (Lipinski definition) is 5. The maximum atomic E-state index is 12.5. The number of ether oxygens (including phenoxy) is 1. The number of thiophene rings is 1. The highest BCUT2D eigenvalue weighted by Crippen LogP contribution is 2.29. The first-order valence-corrected chi connectivity index (χ1v) is 8.55. The molecular formula is C12H17NO5S2. The van der Waals surface area contributed by atoms with Crippen LogP contribution in [0.2, 0.25) is 0 Å². The highest BCUT2D eigenvalue weighted by Gasteiger charge is 2.35. The largest absolute Gasteiger partial charge is 0.477 e. The third-order valence-electron chi connectivity index (χ3n) is 3.36. The quantitative estimate of drug-likeness (QED) is 0.879. The van der Waals surface area contributed by atoms with E-state index in [1.54, 1.807) is 12.3 Å². The average Bonchev–Trinajstić information content (AvgIpc) is 2.71. The minimum Gasteiger partial charge on any atom is -0.477 e. The first-order valence-electron chi connectivity index (χ1n) is 6.18. The summed E-state index contributed by atoms with van der Waals surface area (Å²) in [5.74, 6) is -1.22. The minimum absolute atomic E-state index is 0.122. The van der Waals surface area contributed by atoms with E-state index in [1.165, 1.54) is 0 Å². The standard InChI is InChI=1S/C12H17NO5S2/c1-8-7-19-9(11(14)15)10(8)20(16,17)13-12(2)3-5-18-6-4-12/h7,13H,3-6H2,1-2H3,(H,14,15). The van der Waals surface area contributed by atoms with Crippen LogP contribution in [0.15, 0.2) is 10.3 Å². The van der Waals surface area contributed by atoms with Gasteiger partial charge in [0.15, 0.2) is 0 Å². The Morgan fingerprint density at radius 2 is 2.05 bits per heavy atom. The number of aryl methyl sites for hydroxylation is 1. The average molecular weight is 319 g/mol. The fourth-order valence-corrected chi connectivity index (χ4v) is 5.31. The van der Waals surface area contributed by atoms with Gasteiger partial charge in [0.2, 0.25) is 10.0 Å². The van der Waals surface area contributed by atoms with E-state index in [-0.39, 0.29) is 9.77 Å².